The minimum absolute atomic E-state index is 0.167. The third-order valence-electron chi connectivity index (χ3n) is 5.12. The number of anilines is 2. The molecule has 2 fully saturated rings. The van der Waals surface area contributed by atoms with Gasteiger partial charge in [0.2, 0.25) is 0 Å². The largest absolute Gasteiger partial charge is 0.336 e. The predicted octanol–water partition coefficient (Wildman–Crippen LogP) is 4.44. The predicted molar refractivity (Wildman–Crippen MR) is 95.8 cm³/mol. The topological polar surface area (TPSA) is 45.0 Å². The normalized spacial score (nSPS) is 18.4. The van der Waals surface area contributed by atoms with Gasteiger partial charge in [-0.3, -0.25) is 9.69 Å². The van der Waals surface area contributed by atoms with Crippen LogP contribution in [-0.2, 0) is 4.79 Å². The second-order valence-corrected chi connectivity index (χ2v) is 6.61. The summed E-state index contributed by atoms with van der Waals surface area (Å²) in [5.41, 5.74) is 2.10. The molecule has 3 amide bonds. The fourth-order valence-corrected chi connectivity index (χ4v) is 3.58. The summed E-state index contributed by atoms with van der Waals surface area (Å²) < 4.78 is 0. The quantitative estimate of drug-likeness (QED) is 0.603. The SMILES string of the molecule is [C-]#[N+]c1ccc(N2C(=O)N(c3ccc(C)cc3)C3(CCC3)C2=O)cc1. The molecule has 5 nitrogen and oxygen atoms in total. The summed E-state index contributed by atoms with van der Waals surface area (Å²) in [6.07, 6.45) is 2.30. The number of benzene rings is 2. The van der Waals surface area contributed by atoms with Crippen LogP contribution < -0.4 is 9.80 Å². The first-order valence-electron chi connectivity index (χ1n) is 8.30. The molecule has 0 bridgehead atoms. The van der Waals surface area contributed by atoms with Crippen LogP contribution >= 0.6 is 0 Å². The molecule has 4 rings (SSSR count). The van der Waals surface area contributed by atoms with Crippen molar-refractivity contribution in [2.75, 3.05) is 9.80 Å². The van der Waals surface area contributed by atoms with E-state index in [2.05, 4.69) is 4.85 Å². The van der Waals surface area contributed by atoms with Gasteiger partial charge >= 0.3 is 6.03 Å². The molecular formula is C20H17N3O2. The third-order valence-corrected chi connectivity index (χ3v) is 5.12. The summed E-state index contributed by atoms with van der Waals surface area (Å²) in [6, 6.07) is 14.0. The molecule has 2 aromatic carbocycles. The van der Waals surface area contributed by atoms with Crippen molar-refractivity contribution in [2.45, 2.75) is 31.7 Å². The monoisotopic (exact) mass is 331 g/mol. The van der Waals surface area contributed by atoms with Crippen molar-refractivity contribution in [1.82, 2.24) is 0 Å². The summed E-state index contributed by atoms with van der Waals surface area (Å²) in [5.74, 6) is -0.167. The molecule has 2 aromatic rings. The van der Waals surface area contributed by atoms with Gasteiger partial charge in [0, 0.05) is 5.69 Å². The second kappa shape index (κ2) is 5.45. The Morgan fingerprint density at radius 1 is 0.960 bits per heavy atom. The van der Waals surface area contributed by atoms with E-state index >= 15 is 0 Å². The Labute approximate surface area is 146 Å². The van der Waals surface area contributed by atoms with E-state index in [0.29, 0.717) is 24.2 Å². The second-order valence-electron chi connectivity index (χ2n) is 6.61. The fraction of sp³-hybridized carbons (Fsp3) is 0.250. The number of rotatable bonds is 2. The number of urea groups is 1. The van der Waals surface area contributed by atoms with Crippen molar-refractivity contribution < 1.29 is 9.59 Å². The third kappa shape index (κ3) is 2.14. The smallest absolute Gasteiger partial charge is 0.278 e. The van der Waals surface area contributed by atoms with Crippen LogP contribution in [0.4, 0.5) is 21.9 Å². The number of carbonyl (C=O) groups is 2. The molecular weight excluding hydrogens is 314 g/mol. The molecule has 0 radical (unpaired) electrons. The van der Waals surface area contributed by atoms with Gasteiger partial charge in [-0.25, -0.2) is 14.5 Å². The van der Waals surface area contributed by atoms with Crippen molar-refractivity contribution in [3.8, 4) is 0 Å². The van der Waals surface area contributed by atoms with Crippen molar-refractivity contribution in [1.29, 1.82) is 0 Å². The van der Waals surface area contributed by atoms with E-state index in [9.17, 15) is 9.59 Å². The van der Waals surface area contributed by atoms with Gasteiger partial charge in [-0.2, -0.15) is 0 Å². The number of hydrogen-bond acceptors (Lipinski definition) is 2. The first-order valence-corrected chi connectivity index (χ1v) is 8.30. The lowest BCUT2D eigenvalue weighted by Crippen LogP contribution is -2.55. The highest BCUT2D eigenvalue weighted by Gasteiger charge is 2.61. The highest BCUT2D eigenvalue weighted by atomic mass is 16.2. The molecule has 2 aliphatic rings. The number of amides is 3. The maximum Gasteiger partial charge on any atom is 0.336 e. The van der Waals surface area contributed by atoms with Gasteiger partial charge in [-0.1, -0.05) is 29.8 Å². The summed E-state index contributed by atoms with van der Waals surface area (Å²) >= 11 is 0. The van der Waals surface area contributed by atoms with E-state index in [1.807, 2.05) is 31.2 Å². The summed E-state index contributed by atoms with van der Waals surface area (Å²) in [7, 11) is 0. The van der Waals surface area contributed by atoms with Gasteiger partial charge in [0.25, 0.3) is 5.91 Å². The van der Waals surface area contributed by atoms with E-state index in [-0.39, 0.29) is 11.9 Å². The number of carbonyl (C=O) groups excluding carboxylic acids is 2. The Morgan fingerprint density at radius 2 is 1.56 bits per heavy atom. The molecule has 1 spiro atoms. The van der Waals surface area contributed by atoms with Gasteiger partial charge in [0.05, 0.1) is 12.3 Å². The van der Waals surface area contributed by atoms with Crippen LogP contribution in [0, 0.1) is 13.5 Å². The van der Waals surface area contributed by atoms with Gasteiger partial charge in [-0.15, -0.1) is 0 Å². The van der Waals surface area contributed by atoms with Crippen LogP contribution in [-0.4, -0.2) is 17.5 Å². The van der Waals surface area contributed by atoms with Crippen LogP contribution in [0.2, 0.25) is 0 Å². The van der Waals surface area contributed by atoms with Gasteiger partial charge in [-0.05, 0) is 50.5 Å². The number of aryl methyl sites for hydroxylation is 1. The molecule has 1 aliphatic heterocycles. The van der Waals surface area contributed by atoms with E-state index < -0.39 is 5.54 Å². The zero-order chi connectivity index (χ0) is 17.6. The Bertz CT molecular complexity index is 890. The molecule has 124 valence electrons. The maximum absolute atomic E-state index is 13.1. The van der Waals surface area contributed by atoms with Crippen LogP contribution in [0.25, 0.3) is 4.85 Å². The lowest BCUT2D eigenvalue weighted by atomic mass is 9.75. The molecule has 5 heteroatoms. The zero-order valence-corrected chi connectivity index (χ0v) is 13.9. The van der Waals surface area contributed by atoms with Crippen molar-refractivity contribution in [2.24, 2.45) is 0 Å². The Kier molecular flexibility index (Phi) is 3.36. The standard InChI is InChI=1S/C20H17N3O2/c1-14-4-8-17(9-5-14)23-19(25)22(18(24)20(23)12-3-13-20)16-10-6-15(21-2)7-11-16/h4-11H,3,12-13H2,1H3. The zero-order valence-electron chi connectivity index (χ0n) is 13.9. The van der Waals surface area contributed by atoms with Crippen LogP contribution in [0.15, 0.2) is 48.5 Å². The van der Waals surface area contributed by atoms with E-state index in [0.717, 1.165) is 17.7 Å². The Hall–Kier alpha value is -3.13. The van der Waals surface area contributed by atoms with E-state index in [1.165, 1.54) is 4.90 Å². The highest BCUT2D eigenvalue weighted by molar-refractivity contribution is 6.30. The molecule has 25 heavy (non-hydrogen) atoms. The molecule has 1 heterocycles. The minimum atomic E-state index is -0.759. The van der Waals surface area contributed by atoms with Gasteiger partial charge in [0.15, 0.2) is 5.69 Å². The number of nitrogens with zero attached hydrogens (tertiary/aromatic N) is 3. The highest BCUT2D eigenvalue weighted by Crippen LogP contribution is 2.47. The van der Waals surface area contributed by atoms with E-state index in [4.69, 9.17) is 6.57 Å². The summed E-state index contributed by atoms with van der Waals surface area (Å²) in [6.45, 7) is 9.03. The Balaban J connectivity index is 1.78. The average Bonchev–Trinajstić information content (AvgIpc) is 2.83. The van der Waals surface area contributed by atoms with Crippen molar-refractivity contribution in [3.63, 3.8) is 0 Å². The summed E-state index contributed by atoms with van der Waals surface area (Å²) in [4.78, 5) is 32.5. The fourth-order valence-electron chi connectivity index (χ4n) is 3.58. The maximum atomic E-state index is 13.1. The van der Waals surface area contributed by atoms with Crippen LogP contribution in [0.3, 0.4) is 0 Å². The van der Waals surface area contributed by atoms with Crippen molar-refractivity contribution in [3.05, 3.63) is 65.5 Å². The number of imide groups is 1. The molecule has 1 saturated heterocycles. The van der Waals surface area contributed by atoms with Crippen molar-refractivity contribution >= 4 is 29.0 Å². The minimum Gasteiger partial charge on any atom is -0.278 e. The number of hydrogen-bond donors (Lipinski definition) is 0. The summed E-state index contributed by atoms with van der Waals surface area (Å²) in [5, 5.41) is 0. The van der Waals surface area contributed by atoms with E-state index in [1.54, 1.807) is 29.2 Å². The Morgan fingerprint density at radius 3 is 2.08 bits per heavy atom. The van der Waals surface area contributed by atoms with Gasteiger partial charge in [0.1, 0.15) is 5.54 Å². The lowest BCUT2D eigenvalue weighted by molar-refractivity contribution is -0.123. The molecule has 0 unspecified atom stereocenters. The van der Waals surface area contributed by atoms with Crippen LogP contribution in [0.5, 0.6) is 0 Å². The lowest BCUT2D eigenvalue weighted by Gasteiger charge is -2.42. The molecule has 1 saturated carbocycles. The first-order chi connectivity index (χ1) is 12.1. The average molecular weight is 331 g/mol. The molecule has 0 atom stereocenters. The van der Waals surface area contributed by atoms with Crippen LogP contribution in [0.1, 0.15) is 24.8 Å². The van der Waals surface area contributed by atoms with Gasteiger partial charge < -0.3 is 0 Å². The first kappa shape index (κ1) is 15.4. The molecule has 0 N–H and O–H groups in total. The molecule has 0 aromatic heterocycles. The molecule has 1 aliphatic carbocycles.